The highest BCUT2D eigenvalue weighted by molar-refractivity contribution is 8.01. The molecule has 0 saturated heterocycles. The summed E-state index contributed by atoms with van der Waals surface area (Å²) in [5.74, 6) is 0.239. The number of amides is 2. The van der Waals surface area contributed by atoms with Gasteiger partial charge in [-0.05, 0) is 71.1 Å². The number of rotatable bonds is 8. The maximum atomic E-state index is 13.7. The van der Waals surface area contributed by atoms with Gasteiger partial charge in [0.15, 0.2) is 0 Å². The second kappa shape index (κ2) is 10.9. The first-order chi connectivity index (χ1) is 14.8. The van der Waals surface area contributed by atoms with Crippen LogP contribution in [0, 0.1) is 6.92 Å². The predicted molar refractivity (Wildman–Crippen MR) is 128 cm³/mol. The first kappa shape index (κ1) is 24.1. The van der Waals surface area contributed by atoms with Crippen molar-refractivity contribution in [3.63, 3.8) is 0 Å². The van der Waals surface area contributed by atoms with Gasteiger partial charge in [-0.25, -0.2) is 0 Å². The topological polar surface area (TPSA) is 49.9 Å². The number of aryl methyl sites for hydroxylation is 1. The number of ether oxygens (including phenoxy) is 1. The van der Waals surface area contributed by atoms with Crippen molar-refractivity contribution in [2.45, 2.75) is 94.9 Å². The van der Waals surface area contributed by atoms with Gasteiger partial charge in [0, 0.05) is 42.8 Å². The minimum absolute atomic E-state index is 0.106. The van der Waals surface area contributed by atoms with Crippen LogP contribution in [0.5, 0.6) is 0 Å². The van der Waals surface area contributed by atoms with Crippen LogP contribution in [0.2, 0.25) is 0 Å². The summed E-state index contributed by atoms with van der Waals surface area (Å²) in [6.07, 6.45) is 7.64. The highest BCUT2D eigenvalue weighted by atomic mass is 32.2. The molecule has 0 radical (unpaired) electrons. The summed E-state index contributed by atoms with van der Waals surface area (Å²) in [4.78, 5) is 31.8. The Labute approximate surface area is 191 Å². The van der Waals surface area contributed by atoms with E-state index >= 15 is 0 Å². The van der Waals surface area contributed by atoms with E-state index in [1.165, 1.54) is 19.3 Å². The van der Waals surface area contributed by atoms with Crippen molar-refractivity contribution < 1.29 is 14.3 Å². The summed E-state index contributed by atoms with van der Waals surface area (Å²) in [5, 5.41) is -0.106. The minimum Gasteiger partial charge on any atom is -0.385 e. The first-order valence-electron chi connectivity index (χ1n) is 11.8. The zero-order valence-electron chi connectivity index (χ0n) is 19.8. The smallest absolute Gasteiger partial charge is 0.254 e. The average Bonchev–Trinajstić information content (AvgIpc) is 2.74. The molecule has 1 aliphatic heterocycles. The van der Waals surface area contributed by atoms with Crippen LogP contribution in [0.25, 0.3) is 0 Å². The van der Waals surface area contributed by atoms with E-state index in [4.69, 9.17) is 4.74 Å². The number of hydrogen-bond donors (Lipinski definition) is 0. The summed E-state index contributed by atoms with van der Waals surface area (Å²) in [6, 6.07) is 4.57. The van der Waals surface area contributed by atoms with Crippen molar-refractivity contribution in [1.29, 1.82) is 0 Å². The minimum atomic E-state index is -0.106. The Balaban J connectivity index is 1.92. The van der Waals surface area contributed by atoms with Crippen molar-refractivity contribution >= 4 is 29.3 Å². The van der Waals surface area contributed by atoms with Gasteiger partial charge in [0.25, 0.3) is 5.91 Å². The lowest BCUT2D eigenvalue weighted by atomic mass is 9.92. The molecular weight excluding hydrogens is 408 g/mol. The summed E-state index contributed by atoms with van der Waals surface area (Å²) < 4.78 is 5.16. The van der Waals surface area contributed by atoms with Gasteiger partial charge < -0.3 is 14.5 Å². The second-order valence-corrected chi connectivity index (χ2v) is 10.6. The molecule has 0 aromatic heterocycles. The van der Waals surface area contributed by atoms with Gasteiger partial charge >= 0.3 is 0 Å². The van der Waals surface area contributed by atoms with Gasteiger partial charge in [-0.15, -0.1) is 11.8 Å². The monoisotopic (exact) mass is 446 g/mol. The average molecular weight is 447 g/mol. The number of nitrogens with zero attached hydrogens (tertiary/aromatic N) is 2. The highest BCUT2D eigenvalue weighted by Gasteiger charge is 2.34. The first-order valence-corrected chi connectivity index (χ1v) is 12.7. The lowest BCUT2D eigenvalue weighted by molar-refractivity contribution is -0.118. The van der Waals surface area contributed by atoms with Crippen molar-refractivity contribution in [2.75, 3.05) is 25.2 Å². The molecule has 0 spiro atoms. The molecule has 0 bridgehead atoms. The SMILES string of the molecule is COCCCCN1C(=O)C(C)Sc2cc(C)c(C(=O)N(C(C)C)C3CCCCC3)cc21. The van der Waals surface area contributed by atoms with E-state index in [1.54, 1.807) is 18.9 Å². The van der Waals surface area contributed by atoms with E-state index < -0.39 is 0 Å². The molecule has 1 unspecified atom stereocenters. The van der Waals surface area contributed by atoms with Crippen molar-refractivity contribution in [3.8, 4) is 0 Å². The van der Waals surface area contributed by atoms with E-state index in [1.807, 2.05) is 24.8 Å². The number of anilines is 1. The van der Waals surface area contributed by atoms with Crippen molar-refractivity contribution in [3.05, 3.63) is 23.3 Å². The zero-order chi connectivity index (χ0) is 22.5. The van der Waals surface area contributed by atoms with Crippen LogP contribution in [-0.2, 0) is 9.53 Å². The fourth-order valence-corrected chi connectivity index (χ4v) is 6.00. The van der Waals surface area contributed by atoms with E-state index in [2.05, 4.69) is 24.8 Å². The van der Waals surface area contributed by atoms with E-state index in [0.717, 1.165) is 47.4 Å². The van der Waals surface area contributed by atoms with Gasteiger partial charge in [-0.3, -0.25) is 9.59 Å². The molecule has 172 valence electrons. The van der Waals surface area contributed by atoms with E-state index in [-0.39, 0.29) is 23.1 Å². The molecule has 5 nitrogen and oxygen atoms in total. The number of unbranched alkanes of at least 4 members (excludes halogenated alkanes) is 1. The number of carbonyl (C=O) groups is 2. The summed E-state index contributed by atoms with van der Waals surface area (Å²) in [7, 11) is 1.70. The normalized spacial score (nSPS) is 19.6. The van der Waals surface area contributed by atoms with Crippen LogP contribution in [0.4, 0.5) is 5.69 Å². The summed E-state index contributed by atoms with van der Waals surface area (Å²) in [5.41, 5.74) is 2.63. The molecule has 1 aromatic carbocycles. The van der Waals surface area contributed by atoms with Gasteiger partial charge in [-0.2, -0.15) is 0 Å². The van der Waals surface area contributed by atoms with Crippen LogP contribution >= 0.6 is 11.8 Å². The second-order valence-electron chi connectivity index (χ2n) is 9.18. The van der Waals surface area contributed by atoms with Crippen LogP contribution < -0.4 is 4.90 Å². The summed E-state index contributed by atoms with van der Waals surface area (Å²) >= 11 is 1.60. The fraction of sp³-hybridized carbons (Fsp3) is 0.680. The highest BCUT2D eigenvalue weighted by Crippen LogP contribution is 2.41. The quantitative estimate of drug-likeness (QED) is 0.500. The molecule has 3 rings (SSSR count). The van der Waals surface area contributed by atoms with Gasteiger partial charge in [0.2, 0.25) is 5.91 Å². The number of hydrogen-bond acceptors (Lipinski definition) is 4. The predicted octanol–water partition coefficient (Wildman–Crippen LogP) is 5.43. The molecule has 1 aromatic rings. The third kappa shape index (κ3) is 5.46. The molecule has 2 aliphatic rings. The van der Waals surface area contributed by atoms with Crippen LogP contribution in [0.15, 0.2) is 17.0 Å². The molecule has 6 heteroatoms. The fourth-order valence-electron chi connectivity index (χ4n) is 4.85. The molecule has 1 atom stereocenters. The maximum Gasteiger partial charge on any atom is 0.254 e. The number of methoxy groups -OCH3 is 1. The van der Waals surface area contributed by atoms with Crippen LogP contribution in [0.1, 0.15) is 81.6 Å². The molecule has 0 N–H and O–H groups in total. The molecule has 2 amide bonds. The molecule has 1 heterocycles. The van der Waals surface area contributed by atoms with Crippen molar-refractivity contribution in [1.82, 2.24) is 4.90 Å². The Hall–Kier alpha value is -1.53. The summed E-state index contributed by atoms with van der Waals surface area (Å²) in [6.45, 7) is 9.58. The van der Waals surface area contributed by atoms with E-state index in [0.29, 0.717) is 19.2 Å². The molecule has 31 heavy (non-hydrogen) atoms. The van der Waals surface area contributed by atoms with Gasteiger partial charge in [-0.1, -0.05) is 19.3 Å². The Morgan fingerprint density at radius 3 is 2.58 bits per heavy atom. The number of carbonyl (C=O) groups excluding carboxylic acids is 2. The maximum absolute atomic E-state index is 13.7. The van der Waals surface area contributed by atoms with E-state index in [9.17, 15) is 9.59 Å². The third-order valence-electron chi connectivity index (χ3n) is 6.48. The number of thioether (sulfide) groups is 1. The standard InChI is InChI=1S/C25H38N2O3S/c1-17(2)27(20-11-7-6-8-12-20)25(29)21-16-22-23(15-18(21)3)31-19(4)24(28)26(22)13-9-10-14-30-5/h15-17,19-20H,6-14H2,1-5H3. The molecule has 1 fully saturated rings. The Morgan fingerprint density at radius 2 is 1.94 bits per heavy atom. The number of fused-ring (bicyclic) bond motifs is 1. The van der Waals surface area contributed by atoms with Crippen molar-refractivity contribution in [2.24, 2.45) is 0 Å². The zero-order valence-corrected chi connectivity index (χ0v) is 20.6. The third-order valence-corrected chi connectivity index (χ3v) is 7.62. The molecule has 1 aliphatic carbocycles. The Morgan fingerprint density at radius 1 is 1.23 bits per heavy atom. The van der Waals surface area contributed by atoms with Crippen LogP contribution in [0.3, 0.4) is 0 Å². The van der Waals surface area contributed by atoms with Crippen LogP contribution in [-0.4, -0.2) is 54.3 Å². The Bertz CT molecular complexity index is 789. The van der Waals surface area contributed by atoms with Gasteiger partial charge in [0.1, 0.15) is 0 Å². The lowest BCUT2D eigenvalue weighted by Gasteiger charge is -2.38. The molecule has 1 saturated carbocycles. The number of benzene rings is 1. The van der Waals surface area contributed by atoms with Gasteiger partial charge in [0.05, 0.1) is 10.9 Å². The Kier molecular flexibility index (Phi) is 8.45. The molecular formula is C25H38N2O3S. The largest absolute Gasteiger partial charge is 0.385 e. The lowest BCUT2D eigenvalue weighted by Crippen LogP contribution is -2.46.